The Morgan fingerprint density at radius 2 is 1.02 bits per heavy atom. The van der Waals surface area contributed by atoms with Crippen LogP contribution in [0.25, 0.3) is 0 Å². The molecule has 6 unspecified atom stereocenters. The summed E-state index contributed by atoms with van der Waals surface area (Å²) in [5.74, 6) is -6.12. The molecule has 1 aromatic rings. The summed E-state index contributed by atoms with van der Waals surface area (Å²) in [5.41, 5.74) is 6.45. The van der Waals surface area contributed by atoms with Gasteiger partial charge in [-0.3, -0.25) is 28.8 Å². The maximum absolute atomic E-state index is 13.9. The van der Waals surface area contributed by atoms with Gasteiger partial charge >= 0.3 is 11.9 Å². The Bertz CT molecular complexity index is 1330. The third-order valence-electron chi connectivity index (χ3n) is 7.96. The van der Waals surface area contributed by atoms with Crippen LogP contribution in [0.4, 0.5) is 0 Å². The fourth-order valence-electron chi connectivity index (χ4n) is 5.44. The number of nitrogens with two attached hydrogens (primary N) is 1. The number of carbonyl (C=O) groups excluding carboxylic acids is 5. The molecule has 0 radical (unpaired) electrons. The van der Waals surface area contributed by atoms with Crippen LogP contribution in [0.2, 0.25) is 0 Å². The van der Waals surface area contributed by atoms with Crippen molar-refractivity contribution >= 4 is 41.5 Å². The minimum atomic E-state index is -1.34. The van der Waals surface area contributed by atoms with Crippen LogP contribution in [-0.4, -0.2) is 97.9 Å². The molecule has 0 saturated heterocycles. The van der Waals surface area contributed by atoms with E-state index in [2.05, 4.69) is 36.6 Å². The predicted octanol–water partition coefficient (Wildman–Crippen LogP) is 0.837. The highest BCUT2D eigenvalue weighted by atomic mass is 16.4. The van der Waals surface area contributed by atoms with Gasteiger partial charge in [-0.1, -0.05) is 55.4 Å². The number of rotatable bonds is 24. The highest BCUT2D eigenvalue weighted by molar-refractivity contribution is 5.96. The van der Waals surface area contributed by atoms with Gasteiger partial charge in [0.25, 0.3) is 0 Å². The minimum absolute atomic E-state index is 0.0217. The second-order valence-electron chi connectivity index (χ2n) is 15.0. The lowest BCUT2D eigenvalue weighted by atomic mass is 9.98. The summed E-state index contributed by atoms with van der Waals surface area (Å²) in [7, 11) is 0. The second-order valence-corrected chi connectivity index (χ2v) is 15.0. The van der Waals surface area contributed by atoms with Gasteiger partial charge in [0, 0.05) is 24.7 Å². The number of aromatic amines is 1. The molecule has 52 heavy (non-hydrogen) atoms. The molecular weight excluding hydrogens is 676 g/mol. The van der Waals surface area contributed by atoms with Crippen molar-refractivity contribution in [1.82, 2.24) is 36.6 Å². The molecule has 0 spiro atoms. The van der Waals surface area contributed by atoms with E-state index in [-0.39, 0.29) is 55.8 Å². The zero-order valence-corrected chi connectivity index (χ0v) is 31.7. The van der Waals surface area contributed by atoms with E-state index in [9.17, 15) is 43.8 Å². The molecule has 1 rings (SSSR count). The van der Waals surface area contributed by atoms with Crippen LogP contribution in [0.15, 0.2) is 12.5 Å². The van der Waals surface area contributed by atoms with Gasteiger partial charge in [0.15, 0.2) is 0 Å². The van der Waals surface area contributed by atoms with E-state index in [1.54, 1.807) is 0 Å². The number of nitrogens with one attached hydrogen (secondary N) is 6. The van der Waals surface area contributed by atoms with Crippen LogP contribution < -0.4 is 32.3 Å². The number of amides is 5. The van der Waals surface area contributed by atoms with E-state index >= 15 is 0 Å². The summed E-state index contributed by atoms with van der Waals surface area (Å²) in [4.78, 5) is 97.3. The topological polar surface area (TPSA) is 275 Å². The van der Waals surface area contributed by atoms with Crippen molar-refractivity contribution in [2.75, 3.05) is 0 Å². The minimum Gasteiger partial charge on any atom is -0.481 e. The second kappa shape index (κ2) is 22.4. The fraction of sp³-hybridized carbons (Fsp3) is 0.714. The lowest BCUT2D eigenvalue weighted by Crippen LogP contribution is -2.60. The molecular formula is C35H60N8O9. The van der Waals surface area contributed by atoms with E-state index in [0.29, 0.717) is 12.1 Å². The van der Waals surface area contributed by atoms with Gasteiger partial charge in [0.05, 0.1) is 12.4 Å². The van der Waals surface area contributed by atoms with Gasteiger partial charge in [-0.15, -0.1) is 0 Å². The number of aromatic nitrogens is 2. The van der Waals surface area contributed by atoms with E-state index in [0.717, 1.165) is 0 Å². The Kier molecular flexibility index (Phi) is 19.6. The Morgan fingerprint density at radius 1 is 0.615 bits per heavy atom. The lowest BCUT2D eigenvalue weighted by molar-refractivity contribution is -0.143. The molecule has 6 atom stereocenters. The molecule has 0 aliphatic rings. The SMILES string of the molecule is CC(C)CC(N)C(=O)NC(CCC(=O)O)C(=O)NC(Cc1cnc[nH]1)C(=O)NC(CC(C)C)C(=O)NC(CC(C)C)C(=O)NC(CC(C)C)C(=O)O. The van der Waals surface area contributed by atoms with Crippen molar-refractivity contribution in [2.45, 2.75) is 137 Å². The average molecular weight is 737 g/mol. The van der Waals surface area contributed by atoms with Gasteiger partial charge in [0.2, 0.25) is 29.5 Å². The van der Waals surface area contributed by atoms with Crippen molar-refractivity contribution in [3.05, 3.63) is 18.2 Å². The third kappa shape index (κ3) is 17.6. The highest BCUT2D eigenvalue weighted by Gasteiger charge is 2.34. The van der Waals surface area contributed by atoms with Gasteiger partial charge in [-0.2, -0.15) is 0 Å². The van der Waals surface area contributed by atoms with E-state index in [1.165, 1.54) is 12.5 Å². The smallest absolute Gasteiger partial charge is 0.326 e. The van der Waals surface area contributed by atoms with Crippen molar-refractivity contribution in [3.8, 4) is 0 Å². The molecule has 294 valence electrons. The first-order valence-corrected chi connectivity index (χ1v) is 17.9. The highest BCUT2D eigenvalue weighted by Crippen LogP contribution is 2.12. The Labute approximate surface area is 305 Å². The number of nitrogens with zero attached hydrogens (tertiary/aromatic N) is 1. The number of hydrogen-bond acceptors (Lipinski definition) is 9. The number of carboxylic acid groups (broad SMARTS) is 2. The van der Waals surface area contributed by atoms with Crippen molar-refractivity contribution in [2.24, 2.45) is 29.4 Å². The van der Waals surface area contributed by atoms with Crippen LogP contribution in [0, 0.1) is 23.7 Å². The van der Waals surface area contributed by atoms with E-state index < -0.39 is 84.1 Å². The molecule has 1 heterocycles. The molecule has 0 bridgehead atoms. The molecule has 10 N–H and O–H groups in total. The van der Waals surface area contributed by atoms with E-state index in [4.69, 9.17) is 5.73 Å². The summed E-state index contributed by atoms with van der Waals surface area (Å²) in [5, 5.41) is 32.0. The van der Waals surface area contributed by atoms with Crippen LogP contribution in [0.3, 0.4) is 0 Å². The molecule has 0 aliphatic heterocycles. The first kappa shape index (κ1) is 45.5. The number of carbonyl (C=O) groups is 7. The van der Waals surface area contributed by atoms with Crippen LogP contribution in [0.1, 0.15) is 99.6 Å². The van der Waals surface area contributed by atoms with Gasteiger partial charge in [-0.05, 0) is 55.8 Å². The Balaban J connectivity index is 3.34. The predicted molar refractivity (Wildman–Crippen MR) is 192 cm³/mol. The first-order valence-electron chi connectivity index (χ1n) is 17.9. The number of aliphatic carboxylic acids is 2. The number of H-pyrrole nitrogens is 1. The monoisotopic (exact) mass is 736 g/mol. The molecule has 0 aliphatic carbocycles. The van der Waals surface area contributed by atoms with Crippen LogP contribution >= 0.6 is 0 Å². The fourth-order valence-corrected chi connectivity index (χ4v) is 5.44. The number of hydrogen-bond donors (Lipinski definition) is 9. The van der Waals surface area contributed by atoms with Crippen molar-refractivity contribution < 1.29 is 43.8 Å². The van der Waals surface area contributed by atoms with Gasteiger partial charge < -0.3 is 47.5 Å². The largest absolute Gasteiger partial charge is 0.481 e. The summed E-state index contributed by atoms with van der Waals surface area (Å²) in [6.45, 7) is 14.7. The van der Waals surface area contributed by atoms with Crippen LogP contribution in [0.5, 0.6) is 0 Å². The summed E-state index contributed by atoms with van der Waals surface area (Å²) >= 11 is 0. The average Bonchev–Trinajstić information content (AvgIpc) is 3.53. The Morgan fingerprint density at radius 3 is 1.44 bits per heavy atom. The number of imidazole rings is 1. The Hall–Kier alpha value is -4.54. The molecule has 0 saturated carbocycles. The molecule has 17 nitrogen and oxygen atoms in total. The van der Waals surface area contributed by atoms with Crippen molar-refractivity contribution in [3.63, 3.8) is 0 Å². The molecule has 0 aromatic carbocycles. The molecule has 0 fully saturated rings. The first-order chi connectivity index (χ1) is 24.2. The van der Waals surface area contributed by atoms with Crippen LogP contribution in [-0.2, 0) is 40.0 Å². The quantitative estimate of drug-likeness (QED) is 0.0717. The van der Waals surface area contributed by atoms with Gasteiger partial charge in [-0.25, -0.2) is 9.78 Å². The maximum Gasteiger partial charge on any atom is 0.326 e. The van der Waals surface area contributed by atoms with E-state index in [1.807, 2.05) is 55.4 Å². The zero-order valence-electron chi connectivity index (χ0n) is 31.7. The zero-order chi connectivity index (χ0) is 39.7. The lowest BCUT2D eigenvalue weighted by Gasteiger charge is -2.28. The van der Waals surface area contributed by atoms with Gasteiger partial charge in [0.1, 0.15) is 30.2 Å². The summed E-state index contributed by atoms with van der Waals surface area (Å²) in [6.07, 6.45) is 2.82. The molecule has 17 heteroatoms. The molecule has 5 amide bonds. The normalized spacial score (nSPS) is 14.9. The maximum atomic E-state index is 13.9. The summed E-state index contributed by atoms with van der Waals surface area (Å²) in [6, 6.07) is -7.04. The standard InChI is InChI=1S/C35H60N8O9/c1-18(2)11-23(36)30(46)39-24(9-10-29(44)45)31(47)42-27(15-22-16-37-17-38-22)34(50)41-25(12-19(3)4)32(48)40-26(13-20(5)6)33(49)43-28(35(51)52)14-21(7)8/h16-21,23-28H,9-15,36H2,1-8H3,(H,37,38)(H,39,46)(H,40,48)(H,41,50)(H,42,47)(H,43,49)(H,44,45)(H,51,52). The third-order valence-corrected chi connectivity index (χ3v) is 7.96. The summed E-state index contributed by atoms with van der Waals surface area (Å²) < 4.78 is 0. The van der Waals surface area contributed by atoms with Crippen molar-refractivity contribution in [1.29, 1.82) is 0 Å². The molecule has 1 aromatic heterocycles. The number of carboxylic acids is 2.